The van der Waals surface area contributed by atoms with E-state index in [-0.39, 0.29) is 6.42 Å². The second kappa shape index (κ2) is 6.06. The molecule has 0 heterocycles. The number of carbonyl (C=O) groups is 1. The molecular formula is C12H17NO2. The lowest BCUT2D eigenvalue weighted by Gasteiger charge is -2.10. The highest BCUT2D eigenvalue weighted by Crippen LogP contribution is 2.16. The molecule has 1 aromatic carbocycles. The van der Waals surface area contributed by atoms with Gasteiger partial charge in [-0.1, -0.05) is 31.5 Å². The number of aliphatic carboxylic acids is 1. The van der Waals surface area contributed by atoms with Gasteiger partial charge in [0.1, 0.15) is 0 Å². The number of hydrogen-bond acceptors (Lipinski definition) is 2. The van der Waals surface area contributed by atoms with Gasteiger partial charge in [0.25, 0.3) is 0 Å². The van der Waals surface area contributed by atoms with Crippen molar-refractivity contribution in [3.05, 3.63) is 29.8 Å². The molecule has 0 bridgehead atoms. The average Bonchev–Trinajstić information content (AvgIpc) is 2.20. The van der Waals surface area contributed by atoms with Crippen molar-refractivity contribution in [1.29, 1.82) is 0 Å². The molecule has 0 spiro atoms. The summed E-state index contributed by atoms with van der Waals surface area (Å²) < 4.78 is 0. The van der Waals surface area contributed by atoms with Crippen molar-refractivity contribution in [2.24, 2.45) is 0 Å². The molecule has 0 radical (unpaired) electrons. The van der Waals surface area contributed by atoms with Gasteiger partial charge >= 0.3 is 5.97 Å². The highest BCUT2D eigenvalue weighted by molar-refractivity contribution is 5.67. The quantitative estimate of drug-likeness (QED) is 0.753. The third-order valence-corrected chi connectivity index (χ3v) is 2.19. The van der Waals surface area contributed by atoms with E-state index in [0.717, 1.165) is 18.5 Å². The van der Waals surface area contributed by atoms with Gasteiger partial charge in [-0.15, -0.1) is 0 Å². The summed E-state index contributed by atoms with van der Waals surface area (Å²) in [4.78, 5) is 10.4. The Morgan fingerprint density at radius 2 is 2.13 bits per heavy atom. The Morgan fingerprint density at radius 1 is 1.40 bits per heavy atom. The van der Waals surface area contributed by atoms with Crippen LogP contribution in [0.1, 0.15) is 25.3 Å². The van der Waals surface area contributed by atoms with Gasteiger partial charge in [0.05, 0.1) is 6.42 Å². The van der Waals surface area contributed by atoms with Crippen LogP contribution < -0.4 is 5.32 Å². The molecule has 0 aliphatic carbocycles. The van der Waals surface area contributed by atoms with Gasteiger partial charge in [0, 0.05) is 12.2 Å². The van der Waals surface area contributed by atoms with Gasteiger partial charge in [-0.25, -0.2) is 0 Å². The first-order valence-electron chi connectivity index (χ1n) is 5.27. The topological polar surface area (TPSA) is 49.3 Å². The van der Waals surface area contributed by atoms with Crippen molar-refractivity contribution >= 4 is 11.7 Å². The van der Waals surface area contributed by atoms with Gasteiger partial charge in [-0.2, -0.15) is 0 Å². The fraction of sp³-hybridized carbons (Fsp3) is 0.417. The van der Waals surface area contributed by atoms with Crippen LogP contribution in [0.3, 0.4) is 0 Å². The first-order valence-corrected chi connectivity index (χ1v) is 5.27. The zero-order chi connectivity index (χ0) is 11.1. The van der Waals surface area contributed by atoms with Crippen LogP contribution in [0.5, 0.6) is 0 Å². The Hall–Kier alpha value is -1.51. The van der Waals surface area contributed by atoms with Crippen LogP contribution in [0.2, 0.25) is 0 Å². The van der Waals surface area contributed by atoms with Crippen molar-refractivity contribution in [1.82, 2.24) is 0 Å². The zero-order valence-corrected chi connectivity index (χ0v) is 8.99. The molecule has 0 atom stereocenters. The average molecular weight is 207 g/mol. The molecule has 1 aromatic rings. The summed E-state index contributed by atoms with van der Waals surface area (Å²) in [5.41, 5.74) is 2.31. The molecule has 0 amide bonds. The molecule has 0 saturated carbocycles. The molecule has 2 N–H and O–H groups in total. The molecular weight excluding hydrogens is 190 g/mol. The van der Waals surface area contributed by atoms with E-state index in [9.17, 15) is 4.79 Å². The van der Waals surface area contributed by atoms with Crippen LogP contribution in [0, 0.1) is 0 Å². The van der Waals surface area contributed by atoms with E-state index in [1.807, 2.05) is 18.2 Å². The predicted octanol–water partition coefficient (Wildman–Crippen LogP) is 2.53. The van der Waals surface area contributed by atoms with E-state index in [0.29, 0.717) is 6.54 Å². The van der Waals surface area contributed by atoms with Crippen molar-refractivity contribution in [2.45, 2.75) is 26.2 Å². The lowest BCUT2D eigenvalue weighted by molar-refractivity contribution is -0.136. The lowest BCUT2D eigenvalue weighted by Crippen LogP contribution is -2.08. The number of nitrogens with one attached hydrogen (secondary N) is 1. The summed E-state index contributed by atoms with van der Waals surface area (Å²) in [7, 11) is 0. The summed E-state index contributed by atoms with van der Waals surface area (Å²) in [6, 6.07) is 8.04. The number of rotatable bonds is 6. The highest BCUT2D eigenvalue weighted by atomic mass is 16.4. The minimum absolute atomic E-state index is 0.153. The number of anilines is 1. The van der Waals surface area contributed by atoms with E-state index >= 15 is 0 Å². The molecule has 15 heavy (non-hydrogen) atoms. The molecule has 3 nitrogen and oxygen atoms in total. The standard InChI is InChI=1S/C12H17NO2/c1-2-5-10-6-3-4-7-11(10)13-9-8-12(14)15/h3-4,6-7,13H,2,5,8-9H2,1H3,(H,14,15). The SMILES string of the molecule is CCCc1ccccc1NCCC(=O)O. The number of hydrogen-bond donors (Lipinski definition) is 2. The molecule has 1 rings (SSSR count). The van der Waals surface area contributed by atoms with Crippen LogP contribution >= 0.6 is 0 Å². The zero-order valence-electron chi connectivity index (χ0n) is 8.99. The molecule has 0 saturated heterocycles. The second-order valence-corrected chi connectivity index (χ2v) is 3.48. The number of carboxylic acids is 1. The minimum atomic E-state index is -0.768. The summed E-state index contributed by atoms with van der Waals surface area (Å²) in [5, 5.41) is 11.7. The van der Waals surface area contributed by atoms with Crippen LogP contribution in [-0.4, -0.2) is 17.6 Å². The van der Waals surface area contributed by atoms with E-state index in [1.54, 1.807) is 0 Å². The molecule has 3 heteroatoms. The molecule has 0 aromatic heterocycles. The third-order valence-electron chi connectivity index (χ3n) is 2.19. The fourth-order valence-corrected chi connectivity index (χ4v) is 1.48. The maximum Gasteiger partial charge on any atom is 0.305 e. The van der Waals surface area contributed by atoms with Gasteiger partial charge in [-0.3, -0.25) is 4.79 Å². The molecule has 0 fully saturated rings. The van der Waals surface area contributed by atoms with E-state index in [4.69, 9.17) is 5.11 Å². The molecule has 0 aliphatic rings. The summed E-state index contributed by atoms with van der Waals surface area (Å²) in [6.45, 7) is 2.62. The first-order chi connectivity index (χ1) is 7.24. The number of benzene rings is 1. The van der Waals surface area contributed by atoms with E-state index < -0.39 is 5.97 Å². The Bertz CT molecular complexity index is 323. The van der Waals surface area contributed by atoms with E-state index in [1.165, 1.54) is 5.56 Å². The Labute approximate surface area is 90.1 Å². The number of carboxylic acid groups (broad SMARTS) is 1. The lowest BCUT2D eigenvalue weighted by atomic mass is 10.1. The van der Waals surface area contributed by atoms with Gasteiger partial charge in [0.15, 0.2) is 0 Å². The van der Waals surface area contributed by atoms with Crippen molar-refractivity contribution in [2.75, 3.05) is 11.9 Å². The van der Waals surface area contributed by atoms with Gasteiger partial charge < -0.3 is 10.4 Å². The number of aryl methyl sites for hydroxylation is 1. The normalized spacial score (nSPS) is 9.93. The molecule has 82 valence electrons. The molecule has 0 unspecified atom stereocenters. The molecule has 0 aliphatic heterocycles. The summed E-state index contributed by atoms with van der Waals surface area (Å²) >= 11 is 0. The number of para-hydroxylation sites is 1. The third kappa shape index (κ3) is 4.02. The van der Waals surface area contributed by atoms with Crippen molar-refractivity contribution in [3.8, 4) is 0 Å². The van der Waals surface area contributed by atoms with E-state index in [2.05, 4.69) is 18.3 Å². The van der Waals surface area contributed by atoms with Crippen LogP contribution in [0.4, 0.5) is 5.69 Å². The van der Waals surface area contributed by atoms with Crippen LogP contribution in [-0.2, 0) is 11.2 Å². The second-order valence-electron chi connectivity index (χ2n) is 3.48. The maximum absolute atomic E-state index is 10.4. The Balaban J connectivity index is 2.55. The predicted molar refractivity (Wildman–Crippen MR) is 61.2 cm³/mol. The largest absolute Gasteiger partial charge is 0.481 e. The van der Waals surface area contributed by atoms with Crippen LogP contribution in [0.15, 0.2) is 24.3 Å². The summed E-state index contributed by atoms with van der Waals surface area (Å²) in [6.07, 6.45) is 2.27. The van der Waals surface area contributed by atoms with Gasteiger partial charge in [0.2, 0.25) is 0 Å². The highest BCUT2D eigenvalue weighted by Gasteiger charge is 2.01. The van der Waals surface area contributed by atoms with Gasteiger partial charge in [-0.05, 0) is 18.1 Å². The maximum atomic E-state index is 10.4. The monoisotopic (exact) mass is 207 g/mol. The smallest absolute Gasteiger partial charge is 0.305 e. The van der Waals surface area contributed by atoms with Crippen molar-refractivity contribution in [3.63, 3.8) is 0 Å². The minimum Gasteiger partial charge on any atom is -0.481 e. The Kier molecular flexibility index (Phi) is 4.68. The van der Waals surface area contributed by atoms with Crippen molar-refractivity contribution < 1.29 is 9.90 Å². The fourth-order valence-electron chi connectivity index (χ4n) is 1.48. The van der Waals surface area contributed by atoms with Crippen LogP contribution in [0.25, 0.3) is 0 Å². The summed E-state index contributed by atoms with van der Waals surface area (Å²) in [5.74, 6) is -0.768. The first kappa shape index (κ1) is 11.6. The Morgan fingerprint density at radius 3 is 2.80 bits per heavy atom.